The lowest BCUT2D eigenvalue weighted by atomic mass is 9.95. The van der Waals surface area contributed by atoms with Crippen molar-refractivity contribution in [3.8, 4) is 11.5 Å². The molecule has 6 heteroatoms. The molecule has 0 fully saturated rings. The summed E-state index contributed by atoms with van der Waals surface area (Å²) in [4.78, 5) is 0. The van der Waals surface area contributed by atoms with E-state index < -0.39 is 11.8 Å². The van der Waals surface area contributed by atoms with E-state index in [1.807, 2.05) is 30.3 Å². The van der Waals surface area contributed by atoms with Crippen molar-refractivity contribution >= 4 is 0 Å². The average Bonchev–Trinajstić information content (AvgIpc) is 2.55. The van der Waals surface area contributed by atoms with E-state index in [-0.39, 0.29) is 5.56 Å². The fraction of sp³-hybridized carbons (Fsp3) is 0.333. The molecular formula is C18H19F3O3. The molecule has 0 aromatic heterocycles. The lowest BCUT2D eigenvalue weighted by molar-refractivity contribution is -0.258. The molecule has 0 bridgehead atoms. The molecule has 0 aliphatic rings. The monoisotopic (exact) mass is 340 g/mol. The van der Waals surface area contributed by atoms with E-state index in [2.05, 4.69) is 0 Å². The first kappa shape index (κ1) is 18.1. The maximum Gasteiger partial charge on any atom is 0.421 e. The lowest BCUT2D eigenvalue weighted by Crippen LogP contribution is -2.39. The second-order valence-electron chi connectivity index (χ2n) is 5.46. The molecule has 0 saturated carbocycles. The molecule has 0 radical (unpaired) electrons. The highest BCUT2D eigenvalue weighted by Gasteiger charge is 2.51. The van der Waals surface area contributed by atoms with E-state index in [0.717, 1.165) is 12.7 Å². The first-order chi connectivity index (χ1) is 11.3. The number of ether oxygens (including phenoxy) is 2. The number of hydrogen-bond acceptors (Lipinski definition) is 3. The third-order valence-electron chi connectivity index (χ3n) is 3.54. The minimum Gasteiger partial charge on any atom is -0.493 e. The molecule has 2 aromatic carbocycles. The third kappa shape index (κ3) is 4.64. The summed E-state index contributed by atoms with van der Waals surface area (Å²) in [7, 11) is 0. The lowest BCUT2D eigenvalue weighted by Gasteiger charge is -2.26. The van der Waals surface area contributed by atoms with E-state index in [9.17, 15) is 18.3 Å². The molecule has 0 aliphatic heterocycles. The van der Waals surface area contributed by atoms with Crippen molar-refractivity contribution in [1.82, 2.24) is 0 Å². The highest BCUT2D eigenvalue weighted by Crippen LogP contribution is 2.38. The van der Waals surface area contributed by atoms with Gasteiger partial charge >= 0.3 is 6.18 Å². The minimum absolute atomic E-state index is 0.227. The number of halogens is 3. The van der Waals surface area contributed by atoms with E-state index in [1.165, 1.54) is 24.3 Å². The molecule has 0 amide bonds. The van der Waals surface area contributed by atoms with Gasteiger partial charge in [-0.25, -0.2) is 0 Å². The van der Waals surface area contributed by atoms with Gasteiger partial charge in [-0.15, -0.1) is 0 Å². The Morgan fingerprint density at radius 1 is 0.833 bits per heavy atom. The van der Waals surface area contributed by atoms with Crippen LogP contribution >= 0.6 is 0 Å². The maximum absolute atomic E-state index is 12.8. The fourth-order valence-electron chi connectivity index (χ4n) is 2.00. The maximum atomic E-state index is 12.8. The Bertz CT molecular complexity index is 622. The second-order valence-corrected chi connectivity index (χ2v) is 5.46. The number of rotatable bonds is 7. The Balaban J connectivity index is 1.78. The van der Waals surface area contributed by atoms with E-state index in [1.54, 1.807) is 0 Å². The summed E-state index contributed by atoms with van der Waals surface area (Å²) in [5, 5.41) is 9.59. The van der Waals surface area contributed by atoms with Crippen LogP contribution in [0.25, 0.3) is 0 Å². The molecule has 0 aliphatic carbocycles. The number of hydrogen-bond donors (Lipinski definition) is 1. The van der Waals surface area contributed by atoms with Gasteiger partial charge in [0.15, 0.2) is 5.60 Å². The van der Waals surface area contributed by atoms with Gasteiger partial charge in [0, 0.05) is 6.42 Å². The van der Waals surface area contributed by atoms with Crippen molar-refractivity contribution in [3.63, 3.8) is 0 Å². The zero-order valence-corrected chi connectivity index (χ0v) is 13.2. The van der Waals surface area contributed by atoms with Gasteiger partial charge in [-0.1, -0.05) is 30.3 Å². The van der Waals surface area contributed by atoms with Gasteiger partial charge in [-0.3, -0.25) is 0 Å². The van der Waals surface area contributed by atoms with Gasteiger partial charge in [-0.05, 0) is 36.8 Å². The van der Waals surface area contributed by atoms with Gasteiger partial charge in [0.2, 0.25) is 0 Å². The molecular weight excluding hydrogens is 321 g/mol. The molecule has 0 saturated heterocycles. The predicted molar refractivity (Wildman–Crippen MR) is 84.1 cm³/mol. The van der Waals surface area contributed by atoms with Crippen LogP contribution in [0.2, 0.25) is 0 Å². The zero-order valence-electron chi connectivity index (χ0n) is 13.2. The van der Waals surface area contributed by atoms with E-state index >= 15 is 0 Å². The molecule has 1 N–H and O–H groups in total. The van der Waals surface area contributed by atoms with Gasteiger partial charge in [-0.2, -0.15) is 13.2 Å². The van der Waals surface area contributed by atoms with E-state index in [0.29, 0.717) is 25.4 Å². The summed E-state index contributed by atoms with van der Waals surface area (Å²) in [5.74, 6) is 1.22. The summed E-state index contributed by atoms with van der Waals surface area (Å²) in [6.45, 7) is 1.58. The van der Waals surface area contributed by atoms with Crippen LogP contribution in [0, 0.1) is 0 Å². The Morgan fingerprint density at radius 2 is 1.33 bits per heavy atom. The molecule has 0 spiro atoms. The van der Waals surface area contributed by atoms with E-state index in [4.69, 9.17) is 9.47 Å². The molecule has 2 rings (SSSR count). The van der Waals surface area contributed by atoms with Crippen molar-refractivity contribution in [3.05, 3.63) is 60.2 Å². The van der Waals surface area contributed by atoms with Crippen LogP contribution in [0.4, 0.5) is 13.2 Å². The average molecular weight is 340 g/mol. The largest absolute Gasteiger partial charge is 0.493 e. The molecule has 3 nitrogen and oxygen atoms in total. The van der Waals surface area contributed by atoms with Crippen molar-refractivity contribution in [2.45, 2.75) is 25.1 Å². The number of benzene rings is 2. The fourth-order valence-corrected chi connectivity index (χ4v) is 2.00. The minimum atomic E-state index is -4.73. The topological polar surface area (TPSA) is 38.7 Å². The quantitative estimate of drug-likeness (QED) is 0.764. The molecule has 0 heterocycles. The Morgan fingerprint density at radius 3 is 1.83 bits per heavy atom. The van der Waals surface area contributed by atoms with Gasteiger partial charge < -0.3 is 14.6 Å². The molecule has 1 atom stereocenters. The summed E-state index contributed by atoms with van der Waals surface area (Å²) >= 11 is 0. The molecule has 0 unspecified atom stereocenters. The van der Waals surface area contributed by atoms with Crippen molar-refractivity contribution < 1.29 is 27.8 Å². The number of alkyl halides is 3. The zero-order chi connectivity index (χ0) is 17.6. The second kappa shape index (κ2) is 7.57. The van der Waals surface area contributed by atoms with Gasteiger partial charge in [0.1, 0.15) is 11.5 Å². The molecule has 130 valence electrons. The smallest absolute Gasteiger partial charge is 0.421 e. The third-order valence-corrected chi connectivity index (χ3v) is 3.54. The Labute approximate surface area is 138 Å². The number of para-hydroxylation sites is 1. The van der Waals surface area contributed by atoms with Crippen LogP contribution in [-0.2, 0) is 5.60 Å². The first-order valence-corrected chi connectivity index (χ1v) is 7.51. The summed E-state index contributed by atoms with van der Waals surface area (Å²) in [6.07, 6.45) is -4.10. The number of aliphatic hydroxyl groups is 1. The molecule has 24 heavy (non-hydrogen) atoms. The Hall–Kier alpha value is -2.21. The van der Waals surface area contributed by atoms with Crippen molar-refractivity contribution in [1.29, 1.82) is 0 Å². The van der Waals surface area contributed by atoms with Gasteiger partial charge in [0.25, 0.3) is 0 Å². The van der Waals surface area contributed by atoms with Gasteiger partial charge in [0.05, 0.1) is 13.2 Å². The Kier molecular flexibility index (Phi) is 5.72. The van der Waals surface area contributed by atoms with Crippen LogP contribution in [-0.4, -0.2) is 24.5 Å². The van der Waals surface area contributed by atoms with Crippen LogP contribution in [0.5, 0.6) is 11.5 Å². The van der Waals surface area contributed by atoms with Crippen LogP contribution in [0.1, 0.15) is 18.9 Å². The van der Waals surface area contributed by atoms with Crippen molar-refractivity contribution in [2.24, 2.45) is 0 Å². The standard InChI is InChI=1S/C18H19F3O3/c1-17(22,18(19,20)21)14-8-10-16(11-9-14)24-13-5-12-23-15-6-3-2-4-7-15/h2-4,6-11,22H,5,12-13H2,1H3/t17-/m0/s1. The van der Waals surface area contributed by atoms with Crippen molar-refractivity contribution in [2.75, 3.05) is 13.2 Å². The summed E-state index contributed by atoms with van der Waals surface area (Å²) in [6, 6.07) is 14.6. The first-order valence-electron chi connectivity index (χ1n) is 7.51. The highest BCUT2D eigenvalue weighted by molar-refractivity contribution is 5.31. The normalized spacial score (nSPS) is 14.0. The highest BCUT2D eigenvalue weighted by atomic mass is 19.4. The predicted octanol–water partition coefficient (Wildman–Crippen LogP) is 4.30. The summed E-state index contributed by atoms with van der Waals surface area (Å²) < 4.78 is 49.2. The van der Waals surface area contributed by atoms with Crippen LogP contribution < -0.4 is 9.47 Å². The SMILES string of the molecule is C[C@](O)(c1ccc(OCCCOc2ccccc2)cc1)C(F)(F)F. The molecule has 2 aromatic rings. The van der Waals surface area contributed by atoms with Crippen LogP contribution in [0.3, 0.4) is 0 Å². The summed E-state index contributed by atoms with van der Waals surface area (Å²) in [5.41, 5.74) is -3.11. The van der Waals surface area contributed by atoms with Crippen LogP contribution in [0.15, 0.2) is 54.6 Å².